The van der Waals surface area contributed by atoms with E-state index in [0.29, 0.717) is 18.7 Å². The van der Waals surface area contributed by atoms with Crippen LogP contribution in [0.1, 0.15) is 10.9 Å². The van der Waals surface area contributed by atoms with Crippen LogP contribution in [-0.2, 0) is 4.79 Å². The molecule has 27 heavy (non-hydrogen) atoms. The molecule has 1 atom stereocenters. The minimum Gasteiger partial charge on any atom is -0.360 e. The Morgan fingerprint density at radius 2 is 1.74 bits per heavy atom. The highest BCUT2D eigenvalue weighted by atomic mass is 32.2. The number of halogens is 1. The summed E-state index contributed by atoms with van der Waals surface area (Å²) < 4.78 is 14.2. The van der Waals surface area contributed by atoms with Crippen LogP contribution in [0.15, 0.2) is 54.6 Å². The van der Waals surface area contributed by atoms with Gasteiger partial charge in [-0.3, -0.25) is 4.79 Å². The summed E-state index contributed by atoms with van der Waals surface area (Å²) >= 11 is 1.65. The Labute approximate surface area is 163 Å². The van der Waals surface area contributed by atoms with Crippen molar-refractivity contribution in [3.05, 3.63) is 66.0 Å². The third-order valence-corrected chi connectivity index (χ3v) is 6.62. The van der Waals surface area contributed by atoms with Crippen LogP contribution in [0.2, 0.25) is 0 Å². The van der Waals surface area contributed by atoms with Crippen LogP contribution in [0.4, 0.5) is 10.1 Å². The summed E-state index contributed by atoms with van der Waals surface area (Å²) in [7, 11) is 0. The van der Waals surface area contributed by atoms with Crippen LogP contribution >= 0.6 is 11.8 Å². The Balaban J connectivity index is 1.35. The van der Waals surface area contributed by atoms with Crippen LogP contribution in [0, 0.1) is 5.82 Å². The molecule has 0 unspecified atom stereocenters. The third kappa shape index (κ3) is 4.12. The number of quaternary nitrogens is 1. The van der Waals surface area contributed by atoms with Crippen molar-refractivity contribution in [1.82, 2.24) is 4.90 Å². The standard InChI is InChI=1S/C21H24FN3OS/c22-19-9-5-4-8-18(19)21-25(14-15-27-21)20(26)16-23-10-12-24(13-11-23)17-6-2-1-3-7-17/h1-9,21H,10-16H2/p+1/t21-/m0/s1. The molecule has 6 heteroatoms. The molecule has 1 N–H and O–H groups in total. The first-order chi connectivity index (χ1) is 13.2. The van der Waals surface area contributed by atoms with Gasteiger partial charge in [-0.05, 0) is 18.2 Å². The van der Waals surface area contributed by atoms with Crippen molar-refractivity contribution < 1.29 is 14.1 Å². The lowest BCUT2D eigenvalue weighted by molar-refractivity contribution is -0.892. The smallest absolute Gasteiger partial charge is 0.278 e. The number of piperazine rings is 1. The van der Waals surface area contributed by atoms with E-state index in [1.807, 2.05) is 17.0 Å². The molecule has 0 spiro atoms. The molecule has 142 valence electrons. The van der Waals surface area contributed by atoms with Gasteiger partial charge in [0.2, 0.25) is 0 Å². The average molecular weight is 387 g/mol. The second-order valence-corrected chi connectivity index (χ2v) is 8.27. The van der Waals surface area contributed by atoms with Crippen LogP contribution in [0.5, 0.6) is 0 Å². The largest absolute Gasteiger partial charge is 0.360 e. The molecule has 0 saturated carbocycles. The lowest BCUT2D eigenvalue weighted by Gasteiger charge is -2.34. The van der Waals surface area contributed by atoms with E-state index < -0.39 is 0 Å². The molecule has 2 heterocycles. The van der Waals surface area contributed by atoms with Crippen molar-refractivity contribution in [2.75, 3.05) is 49.9 Å². The molecule has 2 fully saturated rings. The van der Waals surface area contributed by atoms with Crippen LogP contribution in [0.25, 0.3) is 0 Å². The van der Waals surface area contributed by atoms with Gasteiger partial charge >= 0.3 is 0 Å². The second kappa shape index (κ2) is 8.31. The summed E-state index contributed by atoms with van der Waals surface area (Å²) in [6.07, 6.45) is 0. The maximum Gasteiger partial charge on any atom is 0.278 e. The van der Waals surface area contributed by atoms with Crippen molar-refractivity contribution in [1.29, 1.82) is 0 Å². The minimum absolute atomic E-state index is 0.136. The normalized spacial score (nSPS) is 20.9. The van der Waals surface area contributed by atoms with E-state index in [9.17, 15) is 9.18 Å². The van der Waals surface area contributed by atoms with E-state index >= 15 is 0 Å². The predicted molar refractivity (Wildman–Crippen MR) is 108 cm³/mol. The van der Waals surface area contributed by atoms with Gasteiger partial charge in [0.15, 0.2) is 6.54 Å². The number of benzene rings is 2. The number of hydrogen-bond acceptors (Lipinski definition) is 3. The van der Waals surface area contributed by atoms with Crippen LogP contribution in [0.3, 0.4) is 0 Å². The highest BCUT2D eigenvalue weighted by molar-refractivity contribution is 7.99. The van der Waals surface area contributed by atoms with Gasteiger partial charge in [0.05, 0.1) is 26.2 Å². The second-order valence-electron chi connectivity index (χ2n) is 7.08. The first-order valence-corrected chi connectivity index (χ1v) is 10.6. The summed E-state index contributed by atoms with van der Waals surface area (Å²) in [5.74, 6) is 0.775. The molecule has 0 aliphatic carbocycles. The number of amides is 1. The van der Waals surface area contributed by atoms with Crippen molar-refractivity contribution in [2.45, 2.75) is 5.37 Å². The first kappa shape index (κ1) is 18.3. The Hall–Kier alpha value is -2.05. The van der Waals surface area contributed by atoms with E-state index in [-0.39, 0.29) is 17.1 Å². The van der Waals surface area contributed by atoms with Gasteiger partial charge in [-0.15, -0.1) is 11.8 Å². The zero-order valence-electron chi connectivity index (χ0n) is 15.3. The molecular weight excluding hydrogens is 361 g/mol. The lowest BCUT2D eigenvalue weighted by atomic mass is 10.2. The number of carbonyl (C=O) groups is 1. The molecule has 2 aliphatic heterocycles. The van der Waals surface area contributed by atoms with Gasteiger partial charge in [0.25, 0.3) is 5.91 Å². The molecule has 4 rings (SSSR count). The van der Waals surface area contributed by atoms with Crippen molar-refractivity contribution in [3.63, 3.8) is 0 Å². The van der Waals surface area contributed by atoms with Crippen LogP contribution in [-0.4, -0.2) is 55.8 Å². The van der Waals surface area contributed by atoms with Gasteiger partial charge in [0, 0.05) is 23.5 Å². The summed E-state index contributed by atoms with van der Waals surface area (Å²) in [5.41, 5.74) is 1.87. The zero-order chi connectivity index (χ0) is 18.6. The molecule has 0 bridgehead atoms. The Morgan fingerprint density at radius 1 is 1.04 bits per heavy atom. The molecule has 1 amide bonds. The number of nitrogens with zero attached hydrogens (tertiary/aromatic N) is 2. The molecule has 0 radical (unpaired) electrons. The monoisotopic (exact) mass is 386 g/mol. The molecule has 2 aromatic rings. The fourth-order valence-corrected chi connectivity index (χ4v) is 5.17. The van der Waals surface area contributed by atoms with Crippen molar-refractivity contribution in [2.24, 2.45) is 0 Å². The number of nitrogens with one attached hydrogen (secondary N) is 1. The van der Waals surface area contributed by atoms with Gasteiger partial charge in [-0.1, -0.05) is 36.4 Å². The van der Waals surface area contributed by atoms with E-state index in [1.54, 1.807) is 23.9 Å². The summed E-state index contributed by atoms with van der Waals surface area (Å²) in [5, 5.41) is -0.191. The van der Waals surface area contributed by atoms with E-state index in [1.165, 1.54) is 16.7 Å². The van der Waals surface area contributed by atoms with Crippen molar-refractivity contribution in [3.8, 4) is 0 Å². The fourth-order valence-electron chi connectivity index (χ4n) is 3.87. The Kier molecular flexibility index (Phi) is 5.64. The quantitative estimate of drug-likeness (QED) is 0.869. The Morgan fingerprint density at radius 3 is 2.48 bits per heavy atom. The summed E-state index contributed by atoms with van der Waals surface area (Å²) in [6, 6.07) is 17.2. The molecule has 2 saturated heterocycles. The maximum atomic E-state index is 14.2. The molecule has 0 aromatic heterocycles. The third-order valence-electron chi connectivity index (χ3n) is 5.38. The summed E-state index contributed by atoms with van der Waals surface area (Å²) in [4.78, 5) is 18.5. The molecule has 4 nitrogen and oxygen atoms in total. The topological polar surface area (TPSA) is 28.0 Å². The molecule has 2 aromatic carbocycles. The van der Waals surface area contributed by atoms with Gasteiger partial charge < -0.3 is 14.7 Å². The average Bonchev–Trinajstić information content (AvgIpc) is 3.19. The maximum absolute atomic E-state index is 14.2. The number of hydrogen-bond donors (Lipinski definition) is 1. The molecule has 2 aliphatic rings. The van der Waals surface area contributed by atoms with E-state index in [4.69, 9.17) is 0 Å². The van der Waals surface area contributed by atoms with Gasteiger partial charge in [-0.25, -0.2) is 4.39 Å². The molecular formula is C21H25FN3OS+. The zero-order valence-corrected chi connectivity index (χ0v) is 16.1. The van der Waals surface area contributed by atoms with Crippen molar-refractivity contribution >= 4 is 23.4 Å². The number of anilines is 1. The Bertz CT molecular complexity index is 780. The predicted octanol–water partition coefficient (Wildman–Crippen LogP) is 1.80. The lowest BCUT2D eigenvalue weighted by Crippen LogP contribution is -3.15. The number of para-hydroxylation sites is 1. The van der Waals surface area contributed by atoms with Gasteiger partial charge in [0.1, 0.15) is 11.2 Å². The minimum atomic E-state index is -0.224. The van der Waals surface area contributed by atoms with E-state index in [2.05, 4.69) is 29.2 Å². The summed E-state index contributed by atoms with van der Waals surface area (Å²) in [6.45, 7) is 5.01. The number of rotatable bonds is 4. The van der Waals surface area contributed by atoms with Crippen LogP contribution < -0.4 is 9.80 Å². The van der Waals surface area contributed by atoms with Gasteiger partial charge in [-0.2, -0.15) is 0 Å². The first-order valence-electron chi connectivity index (χ1n) is 9.51. The number of carbonyl (C=O) groups excluding carboxylic acids is 1. The highest BCUT2D eigenvalue weighted by Crippen LogP contribution is 2.38. The SMILES string of the molecule is O=C(C[NH+]1CCN(c2ccccc2)CC1)N1CCS[C@H]1c1ccccc1F. The van der Waals surface area contributed by atoms with E-state index in [0.717, 1.165) is 31.9 Å². The fraction of sp³-hybridized carbons (Fsp3) is 0.381. The number of thioether (sulfide) groups is 1. The highest BCUT2D eigenvalue weighted by Gasteiger charge is 2.34.